The van der Waals surface area contributed by atoms with Crippen molar-refractivity contribution in [1.82, 2.24) is 5.32 Å². The lowest BCUT2D eigenvalue weighted by molar-refractivity contribution is 0.449. The molecule has 0 amide bonds. The molecule has 2 nitrogen and oxygen atoms in total. The van der Waals surface area contributed by atoms with E-state index in [1.807, 2.05) is 0 Å². The molecular formula is C16H28N2. The van der Waals surface area contributed by atoms with Crippen LogP contribution < -0.4 is 11.1 Å². The third-order valence-electron chi connectivity index (χ3n) is 3.25. The van der Waals surface area contributed by atoms with Gasteiger partial charge < -0.3 is 11.1 Å². The number of benzene rings is 1. The molecule has 102 valence electrons. The van der Waals surface area contributed by atoms with E-state index in [0.29, 0.717) is 0 Å². The molecule has 0 aliphatic heterocycles. The SMILES string of the molecule is Cc1ccc(C)c(CCNCCCC(C)(C)N)c1. The largest absolute Gasteiger partial charge is 0.326 e. The predicted octanol–water partition coefficient (Wildman–Crippen LogP) is 2.95. The first-order valence-electron chi connectivity index (χ1n) is 6.94. The van der Waals surface area contributed by atoms with Crippen LogP contribution in [0.2, 0.25) is 0 Å². The zero-order chi connectivity index (χ0) is 13.6. The lowest BCUT2D eigenvalue weighted by Crippen LogP contribution is -2.33. The molecule has 0 aliphatic rings. The molecule has 1 aromatic rings. The second kappa shape index (κ2) is 6.91. The van der Waals surface area contributed by atoms with Crippen LogP contribution in [-0.4, -0.2) is 18.6 Å². The molecule has 0 aliphatic carbocycles. The zero-order valence-corrected chi connectivity index (χ0v) is 12.3. The topological polar surface area (TPSA) is 38.0 Å². The van der Waals surface area contributed by atoms with E-state index in [1.165, 1.54) is 16.7 Å². The Morgan fingerprint density at radius 2 is 1.89 bits per heavy atom. The number of nitrogens with two attached hydrogens (primary N) is 1. The first-order valence-corrected chi connectivity index (χ1v) is 6.94. The Balaban J connectivity index is 2.20. The monoisotopic (exact) mass is 248 g/mol. The van der Waals surface area contributed by atoms with Crippen LogP contribution in [0.4, 0.5) is 0 Å². The van der Waals surface area contributed by atoms with E-state index in [4.69, 9.17) is 5.73 Å². The standard InChI is InChI=1S/C16H28N2/c1-13-6-7-14(2)15(12-13)8-11-18-10-5-9-16(3,4)17/h6-7,12,18H,5,8-11,17H2,1-4H3. The Kier molecular flexibility index (Phi) is 5.83. The van der Waals surface area contributed by atoms with Gasteiger partial charge in [-0.3, -0.25) is 0 Å². The normalized spacial score (nSPS) is 11.8. The van der Waals surface area contributed by atoms with Crippen molar-refractivity contribution in [3.05, 3.63) is 34.9 Å². The van der Waals surface area contributed by atoms with Gasteiger partial charge in [0.1, 0.15) is 0 Å². The van der Waals surface area contributed by atoms with Crippen LogP contribution in [0.15, 0.2) is 18.2 Å². The van der Waals surface area contributed by atoms with Gasteiger partial charge in [0.15, 0.2) is 0 Å². The van der Waals surface area contributed by atoms with Crippen molar-refractivity contribution >= 4 is 0 Å². The van der Waals surface area contributed by atoms with E-state index in [0.717, 1.165) is 32.4 Å². The quantitative estimate of drug-likeness (QED) is 0.728. The molecule has 0 atom stereocenters. The highest BCUT2D eigenvalue weighted by Gasteiger charge is 2.08. The van der Waals surface area contributed by atoms with Crippen molar-refractivity contribution in [2.24, 2.45) is 5.73 Å². The average Bonchev–Trinajstić information content (AvgIpc) is 2.26. The van der Waals surface area contributed by atoms with Gasteiger partial charge in [0, 0.05) is 5.54 Å². The fourth-order valence-corrected chi connectivity index (χ4v) is 2.09. The minimum atomic E-state index is -0.0329. The minimum Gasteiger partial charge on any atom is -0.326 e. The lowest BCUT2D eigenvalue weighted by atomic mass is 10.00. The van der Waals surface area contributed by atoms with Gasteiger partial charge in [-0.2, -0.15) is 0 Å². The summed E-state index contributed by atoms with van der Waals surface area (Å²) in [6.07, 6.45) is 3.33. The molecule has 2 heteroatoms. The molecule has 1 rings (SSSR count). The molecule has 0 unspecified atom stereocenters. The second-order valence-corrected chi connectivity index (χ2v) is 6.02. The Labute approximate surface area is 112 Å². The number of aryl methyl sites for hydroxylation is 2. The van der Waals surface area contributed by atoms with E-state index in [9.17, 15) is 0 Å². The van der Waals surface area contributed by atoms with Crippen molar-refractivity contribution in [1.29, 1.82) is 0 Å². The molecular weight excluding hydrogens is 220 g/mol. The molecule has 0 spiro atoms. The second-order valence-electron chi connectivity index (χ2n) is 6.02. The number of hydrogen-bond acceptors (Lipinski definition) is 2. The van der Waals surface area contributed by atoms with Gasteiger partial charge in [0.25, 0.3) is 0 Å². The molecule has 0 fully saturated rings. The van der Waals surface area contributed by atoms with Crippen LogP contribution in [0.25, 0.3) is 0 Å². The van der Waals surface area contributed by atoms with Crippen LogP contribution in [0.3, 0.4) is 0 Å². The predicted molar refractivity (Wildman–Crippen MR) is 80.0 cm³/mol. The van der Waals surface area contributed by atoms with Gasteiger partial charge in [0.05, 0.1) is 0 Å². The van der Waals surface area contributed by atoms with Crippen LogP contribution in [0.1, 0.15) is 43.4 Å². The summed E-state index contributed by atoms with van der Waals surface area (Å²) < 4.78 is 0. The first-order chi connectivity index (χ1) is 8.38. The zero-order valence-electron chi connectivity index (χ0n) is 12.3. The van der Waals surface area contributed by atoms with Gasteiger partial charge in [-0.15, -0.1) is 0 Å². The molecule has 18 heavy (non-hydrogen) atoms. The Morgan fingerprint density at radius 1 is 1.17 bits per heavy atom. The summed E-state index contributed by atoms with van der Waals surface area (Å²) in [5.74, 6) is 0. The maximum Gasteiger partial charge on any atom is 0.00975 e. The summed E-state index contributed by atoms with van der Waals surface area (Å²) >= 11 is 0. The summed E-state index contributed by atoms with van der Waals surface area (Å²) in [6, 6.07) is 6.68. The third-order valence-corrected chi connectivity index (χ3v) is 3.25. The van der Waals surface area contributed by atoms with E-state index in [1.54, 1.807) is 0 Å². The molecule has 0 heterocycles. The number of nitrogens with one attached hydrogen (secondary N) is 1. The molecule has 1 aromatic carbocycles. The first kappa shape index (κ1) is 15.2. The highest BCUT2D eigenvalue weighted by atomic mass is 14.8. The maximum absolute atomic E-state index is 5.95. The van der Waals surface area contributed by atoms with Crippen molar-refractivity contribution < 1.29 is 0 Å². The smallest absolute Gasteiger partial charge is 0.00975 e. The van der Waals surface area contributed by atoms with Gasteiger partial charge in [-0.05, 0) is 71.2 Å². The van der Waals surface area contributed by atoms with Crippen molar-refractivity contribution in [3.63, 3.8) is 0 Å². The average molecular weight is 248 g/mol. The van der Waals surface area contributed by atoms with Crippen LogP contribution in [0, 0.1) is 13.8 Å². The van der Waals surface area contributed by atoms with Crippen molar-refractivity contribution in [3.8, 4) is 0 Å². The molecule has 0 bridgehead atoms. The van der Waals surface area contributed by atoms with E-state index in [-0.39, 0.29) is 5.54 Å². The molecule has 0 saturated heterocycles. The number of hydrogen-bond donors (Lipinski definition) is 2. The van der Waals surface area contributed by atoms with Crippen LogP contribution in [-0.2, 0) is 6.42 Å². The summed E-state index contributed by atoms with van der Waals surface area (Å²) in [6.45, 7) is 10.6. The summed E-state index contributed by atoms with van der Waals surface area (Å²) in [5, 5.41) is 3.50. The highest BCUT2D eigenvalue weighted by molar-refractivity contribution is 5.30. The third kappa shape index (κ3) is 6.18. The molecule has 0 saturated carbocycles. The number of rotatable bonds is 7. The molecule has 0 aromatic heterocycles. The fourth-order valence-electron chi connectivity index (χ4n) is 2.09. The Bertz CT molecular complexity index is 364. The molecule has 0 radical (unpaired) electrons. The summed E-state index contributed by atoms with van der Waals surface area (Å²) in [5.41, 5.74) is 10.1. The van der Waals surface area contributed by atoms with Crippen molar-refractivity contribution in [2.45, 2.75) is 52.5 Å². The van der Waals surface area contributed by atoms with Gasteiger partial charge in [-0.1, -0.05) is 23.8 Å². The minimum absolute atomic E-state index is 0.0329. The van der Waals surface area contributed by atoms with Gasteiger partial charge in [0.2, 0.25) is 0 Å². The summed E-state index contributed by atoms with van der Waals surface area (Å²) in [4.78, 5) is 0. The van der Waals surface area contributed by atoms with E-state index < -0.39 is 0 Å². The fraction of sp³-hybridized carbons (Fsp3) is 0.625. The van der Waals surface area contributed by atoms with Crippen LogP contribution >= 0.6 is 0 Å². The maximum atomic E-state index is 5.95. The highest BCUT2D eigenvalue weighted by Crippen LogP contribution is 2.11. The Morgan fingerprint density at radius 3 is 2.56 bits per heavy atom. The Hall–Kier alpha value is -0.860. The van der Waals surface area contributed by atoms with Crippen LogP contribution in [0.5, 0.6) is 0 Å². The van der Waals surface area contributed by atoms with Crippen molar-refractivity contribution in [2.75, 3.05) is 13.1 Å². The van der Waals surface area contributed by atoms with E-state index in [2.05, 4.69) is 51.2 Å². The van der Waals surface area contributed by atoms with Gasteiger partial charge >= 0.3 is 0 Å². The molecule has 3 N–H and O–H groups in total. The summed E-state index contributed by atoms with van der Waals surface area (Å²) in [7, 11) is 0. The lowest BCUT2D eigenvalue weighted by Gasteiger charge is -2.18. The van der Waals surface area contributed by atoms with Gasteiger partial charge in [-0.25, -0.2) is 0 Å². The van der Waals surface area contributed by atoms with E-state index >= 15 is 0 Å².